The lowest BCUT2D eigenvalue weighted by Gasteiger charge is -2.49. The van der Waals surface area contributed by atoms with Crippen molar-refractivity contribution in [2.75, 3.05) is 13.1 Å². The second-order valence-corrected chi connectivity index (χ2v) is 5.20. The molecule has 2 aliphatic rings. The molecule has 1 aliphatic heterocycles. The van der Waals surface area contributed by atoms with Gasteiger partial charge >= 0.3 is 0 Å². The summed E-state index contributed by atoms with van der Waals surface area (Å²) in [6.07, 6.45) is 3.09. The Kier molecular flexibility index (Phi) is 2.44. The van der Waals surface area contributed by atoms with Crippen molar-refractivity contribution >= 4 is 0 Å². The van der Waals surface area contributed by atoms with E-state index in [0.29, 0.717) is 11.8 Å². The highest BCUT2D eigenvalue weighted by atomic mass is 16.3. The predicted molar refractivity (Wildman–Crippen MR) is 58.0 cm³/mol. The minimum Gasteiger partial charge on any atom is -0.393 e. The van der Waals surface area contributed by atoms with Gasteiger partial charge in [0, 0.05) is 24.4 Å². The maximum atomic E-state index is 9.94. The van der Waals surface area contributed by atoms with Gasteiger partial charge in [-0.1, -0.05) is 32.4 Å². The quantitative estimate of drug-likeness (QED) is 0.575. The Balaban J connectivity index is 2.35. The summed E-state index contributed by atoms with van der Waals surface area (Å²) in [6.45, 7) is 8.78. The number of fused-ring (bicyclic) bond motifs is 1. The highest BCUT2D eigenvalue weighted by Gasteiger charge is 2.44. The molecule has 1 fully saturated rings. The number of hydrogen-bond donors (Lipinski definition) is 2. The summed E-state index contributed by atoms with van der Waals surface area (Å²) in [4.78, 5) is 0. The van der Waals surface area contributed by atoms with Crippen LogP contribution in [0.2, 0.25) is 0 Å². The maximum Gasteiger partial charge on any atom is 0.0605 e. The molecule has 0 spiro atoms. The van der Waals surface area contributed by atoms with E-state index in [4.69, 9.17) is 0 Å². The molecule has 0 aromatic rings. The number of hydrogen-bond acceptors (Lipinski definition) is 2. The van der Waals surface area contributed by atoms with Crippen molar-refractivity contribution in [3.63, 3.8) is 0 Å². The van der Waals surface area contributed by atoms with Crippen molar-refractivity contribution < 1.29 is 5.11 Å². The van der Waals surface area contributed by atoms with Crippen LogP contribution in [0.3, 0.4) is 0 Å². The molecule has 0 amide bonds. The molecule has 0 saturated heterocycles. The Bertz CT molecular complexity index is 261. The van der Waals surface area contributed by atoms with Crippen LogP contribution in [0.4, 0.5) is 0 Å². The molecule has 4 unspecified atom stereocenters. The highest BCUT2D eigenvalue weighted by Crippen LogP contribution is 2.48. The maximum absolute atomic E-state index is 9.94. The Morgan fingerprint density at radius 1 is 1.50 bits per heavy atom. The van der Waals surface area contributed by atoms with Gasteiger partial charge < -0.3 is 10.4 Å². The van der Waals surface area contributed by atoms with Crippen molar-refractivity contribution in [2.24, 2.45) is 17.3 Å². The summed E-state index contributed by atoms with van der Waals surface area (Å²) in [5.74, 6) is 0.922. The van der Waals surface area contributed by atoms with Crippen LogP contribution in [0.25, 0.3) is 0 Å². The van der Waals surface area contributed by atoms with Gasteiger partial charge in [0.2, 0.25) is 0 Å². The van der Waals surface area contributed by atoms with Gasteiger partial charge in [0.15, 0.2) is 0 Å². The first-order valence-corrected chi connectivity index (χ1v) is 5.65. The fraction of sp³-hybridized carbons (Fsp3) is 0.833. The molecule has 4 atom stereocenters. The number of aliphatic hydroxyl groups is 1. The van der Waals surface area contributed by atoms with Gasteiger partial charge in [0.1, 0.15) is 0 Å². The van der Waals surface area contributed by atoms with Crippen molar-refractivity contribution in [3.05, 3.63) is 11.6 Å². The van der Waals surface area contributed by atoms with E-state index in [1.165, 1.54) is 5.57 Å². The van der Waals surface area contributed by atoms with Crippen LogP contribution < -0.4 is 5.32 Å². The van der Waals surface area contributed by atoms with Crippen molar-refractivity contribution in [3.8, 4) is 0 Å². The fourth-order valence-electron chi connectivity index (χ4n) is 3.05. The lowest BCUT2D eigenvalue weighted by Crippen LogP contribution is -2.50. The van der Waals surface area contributed by atoms with E-state index >= 15 is 0 Å². The average molecular weight is 195 g/mol. The van der Waals surface area contributed by atoms with Gasteiger partial charge in [-0.25, -0.2) is 0 Å². The molecule has 1 saturated carbocycles. The Morgan fingerprint density at radius 3 is 2.93 bits per heavy atom. The van der Waals surface area contributed by atoms with Crippen molar-refractivity contribution in [1.29, 1.82) is 0 Å². The lowest BCUT2D eigenvalue weighted by molar-refractivity contribution is 0.0295. The lowest BCUT2D eigenvalue weighted by atomic mass is 9.59. The van der Waals surface area contributed by atoms with Crippen LogP contribution in [0.5, 0.6) is 0 Å². The number of aliphatic hydroxyl groups excluding tert-OH is 1. The topological polar surface area (TPSA) is 32.3 Å². The molecule has 80 valence electrons. The zero-order valence-electron chi connectivity index (χ0n) is 9.38. The van der Waals surface area contributed by atoms with Crippen LogP contribution in [0, 0.1) is 17.3 Å². The molecule has 0 radical (unpaired) electrons. The second kappa shape index (κ2) is 3.35. The molecule has 1 heterocycles. The standard InChI is InChI=1S/C12H21NO/c1-8-6-11(14)9(2)10-4-5-13-7-12(8,10)3/h4,8-9,11,13-14H,5-7H2,1-3H3. The molecule has 2 nitrogen and oxygen atoms in total. The van der Waals surface area contributed by atoms with Gasteiger partial charge in [-0.15, -0.1) is 0 Å². The zero-order valence-corrected chi connectivity index (χ0v) is 9.38. The normalized spacial score (nSPS) is 48.3. The van der Waals surface area contributed by atoms with Crippen LogP contribution in [-0.4, -0.2) is 24.3 Å². The zero-order chi connectivity index (χ0) is 10.3. The summed E-state index contributed by atoms with van der Waals surface area (Å²) in [6, 6.07) is 0. The molecule has 2 rings (SSSR count). The predicted octanol–water partition coefficient (Wildman–Crippen LogP) is 1.56. The van der Waals surface area contributed by atoms with Crippen molar-refractivity contribution in [2.45, 2.75) is 33.3 Å². The van der Waals surface area contributed by atoms with Gasteiger partial charge in [0.25, 0.3) is 0 Å². The van der Waals surface area contributed by atoms with E-state index in [0.717, 1.165) is 19.5 Å². The molecule has 1 aliphatic carbocycles. The molecule has 2 heteroatoms. The second-order valence-electron chi connectivity index (χ2n) is 5.20. The summed E-state index contributed by atoms with van der Waals surface area (Å²) >= 11 is 0. The Labute approximate surface area is 86.4 Å². The number of nitrogens with one attached hydrogen (secondary N) is 1. The third-order valence-corrected chi connectivity index (χ3v) is 4.37. The molecular weight excluding hydrogens is 174 g/mol. The molecule has 14 heavy (non-hydrogen) atoms. The van der Waals surface area contributed by atoms with E-state index in [9.17, 15) is 5.11 Å². The first-order chi connectivity index (χ1) is 6.55. The highest BCUT2D eigenvalue weighted by molar-refractivity contribution is 5.25. The minimum absolute atomic E-state index is 0.137. The van der Waals surface area contributed by atoms with Crippen LogP contribution >= 0.6 is 0 Å². The van der Waals surface area contributed by atoms with Crippen LogP contribution in [-0.2, 0) is 0 Å². The van der Waals surface area contributed by atoms with Gasteiger partial charge in [0.05, 0.1) is 6.10 Å². The van der Waals surface area contributed by atoms with Gasteiger partial charge in [-0.05, 0) is 12.3 Å². The SMILES string of the molecule is CC1C2=CCNCC2(C)C(C)CC1O. The third-order valence-electron chi connectivity index (χ3n) is 4.37. The molecular formula is C12H21NO. The molecule has 0 aromatic heterocycles. The average Bonchev–Trinajstić information content (AvgIpc) is 2.15. The Morgan fingerprint density at radius 2 is 2.21 bits per heavy atom. The molecule has 0 aromatic carbocycles. The van der Waals surface area contributed by atoms with Gasteiger partial charge in [-0.3, -0.25) is 0 Å². The molecule has 0 bridgehead atoms. The minimum atomic E-state index is -0.137. The van der Waals surface area contributed by atoms with E-state index in [1.54, 1.807) is 0 Å². The molecule has 2 N–H and O–H groups in total. The first-order valence-electron chi connectivity index (χ1n) is 5.65. The van der Waals surface area contributed by atoms with E-state index in [1.807, 2.05) is 0 Å². The summed E-state index contributed by atoms with van der Waals surface area (Å²) in [5, 5.41) is 13.4. The smallest absolute Gasteiger partial charge is 0.0605 e. The van der Waals surface area contributed by atoms with E-state index in [-0.39, 0.29) is 11.5 Å². The van der Waals surface area contributed by atoms with E-state index in [2.05, 4.69) is 32.2 Å². The largest absolute Gasteiger partial charge is 0.393 e. The van der Waals surface area contributed by atoms with Gasteiger partial charge in [-0.2, -0.15) is 0 Å². The monoisotopic (exact) mass is 195 g/mol. The van der Waals surface area contributed by atoms with Crippen molar-refractivity contribution in [1.82, 2.24) is 5.32 Å². The summed E-state index contributed by atoms with van der Waals surface area (Å²) < 4.78 is 0. The fourth-order valence-corrected chi connectivity index (χ4v) is 3.05. The summed E-state index contributed by atoms with van der Waals surface area (Å²) in [7, 11) is 0. The first kappa shape index (κ1) is 10.2. The van der Waals surface area contributed by atoms with Crippen LogP contribution in [0.15, 0.2) is 11.6 Å². The van der Waals surface area contributed by atoms with Crippen LogP contribution in [0.1, 0.15) is 27.2 Å². The Hall–Kier alpha value is -0.340. The number of rotatable bonds is 0. The van der Waals surface area contributed by atoms with E-state index < -0.39 is 0 Å². The summed E-state index contributed by atoms with van der Waals surface area (Å²) in [5.41, 5.74) is 1.75. The third kappa shape index (κ3) is 1.32.